The van der Waals surface area contributed by atoms with Crippen LogP contribution in [0.4, 0.5) is 0 Å². The Morgan fingerprint density at radius 2 is 1.88 bits per heavy atom. The molecule has 1 unspecified atom stereocenters. The number of aromatic nitrogens is 2. The molecule has 130 valence electrons. The molecule has 1 aromatic heterocycles. The zero-order valence-electron chi connectivity index (χ0n) is 15.2. The Hall–Kier alpha value is -2.66. The number of rotatable bonds is 5. The van der Waals surface area contributed by atoms with Crippen molar-refractivity contribution in [1.82, 2.24) is 19.8 Å². The van der Waals surface area contributed by atoms with E-state index in [0.29, 0.717) is 6.54 Å². The van der Waals surface area contributed by atoms with Crippen LogP contribution in [0.2, 0.25) is 0 Å². The number of hydrogen-bond donors (Lipinski definition) is 1. The maximum Gasteiger partial charge on any atom is 0.244 e. The van der Waals surface area contributed by atoms with E-state index in [1.54, 1.807) is 4.90 Å². The van der Waals surface area contributed by atoms with E-state index >= 15 is 0 Å². The summed E-state index contributed by atoms with van der Waals surface area (Å²) in [5, 5.41) is 0. The number of carbonyl (C=O) groups is 1. The van der Waals surface area contributed by atoms with Crippen molar-refractivity contribution in [2.45, 2.75) is 19.5 Å². The summed E-state index contributed by atoms with van der Waals surface area (Å²) in [5.41, 5.74) is 4.06. The molecule has 0 saturated heterocycles. The summed E-state index contributed by atoms with van der Waals surface area (Å²) in [6.45, 7) is 2.49. The van der Waals surface area contributed by atoms with Gasteiger partial charge in [-0.05, 0) is 38.7 Å². The van der Waals surface area contributed by atoms with Gasteiger partial charge in [-0.25, -0.2) is 4.98 Å². The topological polar surface area (TPSA) is 52.2 Å². The first-order chi connectivity index (χ1) is 12.0. The zero-order valence-corrected chi connectivity index (χ0v) is 15.2. The number of nitrogens with one attached hydrogen (secondary N) is 1. The van der Waals surface area contributed by atoms with E-state index in [0.717, 1.165) is 28.0 Å². The number of aromatic amines is 1. The highest BCUT2D eigenvalue weighted by Crippen LogP contribution is 2.22. The summed E-state index contributed by atoms with van der Waals surface area (Å²) in [4.78, 5) is 24.6. The van der Waals surface area contributed by atoms with Gasteiger partial charge in [-0.2, -0.15) is 0 Å². The largest absolute Gasteiger partial charge is 0.340 e. The molecule has 25 heavy (non-hydrogen) atoms. The lowest BCUT2D eigenvalue weighted by Crippen LogP contribution is -2.38. The number of likely N-dealkylation sites (N-methyl/N-ethyl adjacent to an activating group) is 2. The highest BCUT2D eigenvalue weighted by Gasteiger charge is 2.26. The summed E-state index contributed by atoms with van der Waals surface area (Å²) >= 11 is 0. The number of hydrogen-bond acceptors (Lipinski definition) is 3. The maximum absolute atomic E-state index is 13.1. The quantitative estimate of drug-likeness (QED) is 0.779. The number of benzene rings is 2. The first-order valence-corrected chi connectivity index (χ1v) is 8.37. The average Bonchev–Trinajstić information content (AvgIpc) is 2.96. The molecular weight excluding hydrogens is 312 g/mol. The fourth-order valence-corrected chi connectivity index (χ4v) is 3.09. The molecule has 0 spiro atoms. The first kappa shape index (κ1) is 17.2. The molecule has 3 aromatic rings. The van der Waals surface area contributed by atoms with Crippen LogP contribution >= 0.6 is 0 Å². The minimum absolute atomic E-state index is 0.0519. The van der Waals surface area contributed by atoms with Crippen LogP contribution in [0.5, 0.6) is 0 Å². The van der Waals surface area contributed by atoms with Crippen LogP contribution in [0.3, 0.4) is 0 Å². The van der Waals surface area contributed by atoms with Gasteiger partial charge in [0.05, 0.1) is 17.6 Å². The van der Waals surface area contributed by atoms with Gasteiger partial charge in [0, 0.05) is 7.05 Å². The minimum atomic E-state index is -0.311. The molecule has 0 saturated carbocycles. The Labute approximate surface area is 148 Å². The molecule has 5 nitrogen and oxygen atoms in total. The van der Waals surface area contributed by atoms with Crippen LogP contribution in [-0.2, 0) is 11.3 Å². The summed E-state index contributed by atoms with van der Waals surface area (Å²) in [5.74, 6) is 0.842. The highest BCUT2D eigenvalue weighted by atomic mass is 16.2. The van der Waals surface area contributed by atoms with Gasteiger partial charge in [0.1, 0.15) is 11.9 Å². The molecule has 3 rings (SSSR count). The Morgan fingerprint density at radius 1 is 1.12 bits per heavy atom. The molecule has 0 radical (unpaired) electrons. The normalized spacial score (nSPS) is 12.5. The number of nitrogens with zero attached hydrogens (tertiary/aromatic N) is 3. The molecule has 5 heteroatoms. The zero-order chi connectivity index (χ0) is 18.0. The fraction of sp³-hybridized carbons (Fsp3) is 0.300. The highest BCUT2D eigenvalue weighted by molar-refractivity contribution is 5.83. The van der Waals surface area contributed by atoms with Gasteiger partial charge in [0.15, 0.2) is 0 Å². The second-order valence-electron chi connectivity index (χ2n) is 6.68. The lowest BCUT2D eigenvalue weighted by atomic mass is 10.0. The van der Waals surface area contributed by atoms with Crippen molar-refractivity contribution < 1.29 is 4.79 Å². The van der Waals surface area contributed by atoms with Crippen LogP contribution in [-0.4, -0.2) is 46.8 Å². The van der Waals surface area contributed by atoms with Crippen LogP contribution in [0, 0.1) is 6.92 Å². The molecule has 1 atom stereocenters. The Bertz CT molecular complexity index is 851. The van der Waals surface area contributed by atoms with Crippen molar-refractivity contribution in [3.05, 3.63) is 65.5 Å². The van der Waals surface area contributed by atoms with E-state index in [1.165, 1.54) is 0 Å². The third-order valence-corrected chi connectivity index (χ3v) is 4.31. The lowest BCUT2D eigenvalue weighted by molar-refractivity contribution is -0.135. The molecule has 1 amide bonds. The number of amides is 1. The third kappa shape index (κ3) is 3.72. The van der Waals surface area contributed by atoms with E-state index < -0.39 is 0 Å². The second kappa shape index (κ2) is 7.07. The number of para-hydroxylation sites is 2. The Kier molecular flexibility index (Phi) is 4.86. The van der Waals surface area contributed by atoms with Crippen LogP contribution in [0.15, 0.2) is 48.5 Å². The predicted molar refractivity (Wildman–Crippen MR) is 100 cm³/mol. The average molecular weight is 336 g/mol. The van der Waals surface area contributed by atoms with Gasteiger partial charge < -0.3 is 9.88 Å². The van der Waals surface area contributed by atoms with E-state index in [2.05, 4.69) is 16.0 Å². The number of imidazole rings is 1. The fourth-order valence-electron chi connectivity index (χ4n) is 3.09. The predicted octanol–water partition coefficient (Wildman–Crippen LogP) is 3.13. The summed E-state index contributed by atoms with van der Waals surface area (Å²) in [6.07, 6.45) is 0. The molecular formula is C20H24N4O. The van der Waals surface area contributed by atoms with Gasteiger partial charge in [0.2, 0.25) is 5.91 Å². The first-order valence-electron chi connectivity index (χ1n) is 8.37. The minimum Gasteiger partial charge on any atom is -0.340 e. The monoisotopic (exact) mass is 336 g/mol. The number of H-pyrrole nitrogens is 1. The van der Waals surface area contributed by atoms with Gasteiger partial charge >= 0.3 is 0 Å². The van der Waals surface area contributed by atoms with Crippen molar-refractivity contribution in [2.75, 3.05) is 21.1 Å². The van der Waals surface area contributed by atoms with Crippen LogP contribution in [0.1, 0.15) is 23.0 Å². The number of carbonyl (C=O) groups excluding carboxylic acids is 1. The molecule has 1 heterocycles. The van der Waals surface area contributed by atoms with E-state index in [4.69, 9.17) is 0 Å². The van der Waals surface area contributed by atoms with Crippen molar-refractivity contribution in [3.8, 4) is 0 Å². The molecule has 0 aliphatic heterocycles. The van der Waals surface area contributed by atoms with Gasteiger partial charge in [-0.3, -0.25) is 9.69 Å². The third-order valence-electron chi connectivity index (χ3n) is 4.31. The van der Waals surface area contributed by atoms with Crippen molar-refractivity contribution >= 4 is 16.9 Å². The molecule has 2 aromatic carbocycles. The van der Waals surface area contributed by atoms with E-state index in [-0.39, 0.29) is 11.9 Å². The van der Waals surface area contributed by atoms with Gasteiger partial charge in [-0.15, -0.1) is 0 Å². The van der Waals surface area contributed by atoms with E-state index in [1.807, 2.05) is 75.4 Å². The van der Waals surface area contributed by atoms with Gasteiger partial charge in [0.25, 0.3) is 0 Å². The number of aryl methyl sites for hydroxylation is 1. The molecule has 0 fully saturated rings. The van der Waals surface area contributed by atoms with Crippen LogP contribution in [0.25, 0.3) is 11.0 Å². The lowest BCUT2D eigenvalue weighted by Gasteiger charge is -2.28. The second-order valence-corrected chi connectivity index (χ2v) is 6.68. The maximum atomic E-state index is 13.1. The van der Waals surface area contributed by atoms with Crippen molar-refractivity contribution in [3.63, 3.8) is 0 Å². The summed E-state index contributed by atoms with van der Waals surface area (Å²) < 4.78 is 0. The SMILES string of the molecule is Cc1cccc(C(C(=O)N(C)Cc2nc3ccccc3[nH]2)N(C)C)c1. The molecule has 1 N–H and O–H groups in total. The van der Waals surface area contributed by atoms with Crippen molar-refractivity contribution in [2.24, 2.45) is 0 Å². The summed E-state index contributed by atoms with van der Waals surface area (Å²) in [7, 11) is 5.68. The van der Waals surface area contributed by atoms with Gasteiger partial charge in [-0.1, -0.05) is 42.0 Å². The molecule has 0 aliphatic carbocycles. The Balaban J connectivity index is 1.81. The standard InChI is InChI=1S/C20H24N4O/c1-14-8-7-9-15(12-14)19(23(2)3)20(25)24(4)13-18-21-16-10-5-6-11-17(16)22-18/h5-12,19H,13H2,1-4H3,(H,21,22). The molecule has 0 aliphatic rings. The smallest absolute Gasteiger partial charge is 0.244 e. The Morgan fingerprint density at radius 3 is 2.56 bits per heavy atom. The molecule has 0 bridgehead atoms. The van der Waals surface area contributed by atoms with Crippen LogP contribution < -0.4 is 0 Å². The summed E-state index contributed by atoms with van der Waals surface area (Å²) in [6, 6.07) is 15.7. The van der Waals surface area contributed by atoms with Crippen molar-refractivity contribution in [1.29, 1.82) is 0 Å². The van der Waals surface area contributed by atoms with E-state index in [9.17, 15) is 4.79 Å². The number of fused-ring (bicyclic) bond motifs is 1.